The van der Waals surface area contributed by atoms with Crippen LogP contribution in [0.25, 0.3) is 0 Å². The molecular formula is C45H72AlO3. The highest BCUT2D eigenvalue weighted by Crippen LogP contribution is 2.42. The maximum absolute atomic E-state index is 10.4. The summed E-state index contributed by atoms with van der Waals surface area (Å²) in [5.41, 5.74) is 9.78. The molecule has 0 aliphatic rings. The molecule has 273 valence electrons. The molecule has 0 aliphatic heterocycles. The maximum atomic E-state index is 10.4. The number of phenols is 3. The molecule has 3 nitrogen and oxygen atoms in total. The number of hydrogen-bond donors (Lipinski definition) is 3. The van der Waals surface area contributed by atoms with Crippen LogP contribution in [0.2, 0.25) is 0 Å². The van der Waals surface area contributed by atoms with E-state index in [1.807, 2.05) is 0 Å². The predicted octanol–water partition coefficient (Wildman–Crippen LogP) is 12.5. The van der Waals surface area contributed by atoms with Gasteiger partial charge in [-0.1, -0.05) is 178 Å². The molecule has 0 heterocycles. The highest BCUT2D eigenvalue weighted by atomic mass is 27.0. The van der Waals surface area contributed by atoms with Crippen LogP contribution >= 0.6 is 0 Å². The Labute approximate surface area is 313 Å². The molecule has 0 unspecified atom stereocenters. The van der Waals surface area contributed by atoms with Gasteiger partial charge in [-0.2, -0.15) is 0 Å². The van der Waals surface area contributed by atoms with E-state index in [9.17, 15) is 15.3 Å². The second-order valence-electron chi connectivity index (χ2n) is 20.1. The first-order valence-electron chi connectivity index (χ1n) is 17.6. The van der Waals surface area contributed by atoms with E-state index in [4.69, 9.17) is 0 Å². The summed E-state index contributed by atoms with van der Waals surface area (Å²) in [6.45, 7) is 44.7. The Kier molecular flexibility index (Phi) is 15.1. The van der Waals surface area contributed by atoms with E-state index in [0.717, 1.165) is 33.4 Å². The van der Waals surface area contributed by atoms with Crippen LogP contribution in [-0.4, -0.2) is 32.7 Å². The van der Waals surface area contributed by atoms with Crippen LogP contribution in [0.5, 0.6) is 17.2 Å². The van der Waals surface area contributed by atoms with Crippen LogP contribution < -0.4 is 0 Å². The predicted molar refractivity (Wildman–Crippen MR) is 216 cm³/mol. The Balaban J connectivity index is 0.000000698. The van der Waals surface area contributed by atoms with Crippen LogP contribution in [0.3, 0.4) is 0 Å². The third-order valence-corrected chi connectivity index (χ3v) is 8.61. The molecule has 3 N–H and O–H groups in total. The summed E-state index contributed by atoms with van der Waals surface area (Å²) in [5, 5.41) is 31.2. The number of hydrogen-bond acceptors (Lipinski definition) is 3. The Hall–Kier alpha value is -2.41. The Morgan fingerprint density at radius 3 is 0.469 bits per heavy atom. The van der Waals surface area contributed by atoms with E-state index in [0.29, 0.717) is 17.2 Å². The van der Waals surface area contributed by atoms with Crippen LogP contribution in [0.4, 0.5) is 0 Å². The van der Waals surface area contributed by atoms with Gasteiger partial charge in [0.15, 0.2) is 0 Å². The zero-order chi connectivity index (χ0) is 38.2. The fourth-order valence-corrected chi connectivity index (χ4v) is 5.77. The van der Waals surface area contributed by atoms with Gasteiger partial charge in [-0.15, -0.1) is 0 Å². The molecule has 0 bridgehead atoms. The van der Waals surface area contributed by atoms with E-state index in [-0.39, 0.29) is 49.9 Å². The van der Waals surface area contributed by atoms with Crippen molar-refractivity contribution in [1.82, 2.24) is 0 Å². The Morgan fingerprint density at radius 2 is 0.388 bits per heavy atom. The molecular weight excluding hydrogens is 615 g/mol. The molecule has 49 heavy (non-hydrogen) atoms. The highest BCUT2D eigenvalue weighted by molar-refractivity contribution is 5.75. The largest absolute Gasteiger partial charge is 0.507 e. The topological polar surface area (TPSA) is 60.7 Å². The van der Waals surface area contributed by atoms with Gasteiger partial charge in [-0.05, 0) is 86.6 Å². The first kappa shape index (κ1) is 46.6. The summed E-state index contributed by atoms with van der Waals surface area (Å²) in [6.07, 6.45) is 0. The van der Waals surface area contributed by atoms with Gasteiger partial charge in [0, 0.05) is 17.4 Å². The van der Waals surface area contributed by atoms with E-state index >= 15 is 0 Å². The lowest BCUT2D eigenvalue weighted by Gasteiger charge is -2.27. The molecule has 0 amide bonds. The Morgan fingerprint density at radius 1 is 0.286 bits per heavy atom. The van der Waals surface area contributed by atoms with E-state index in [2.05, 4.69) is 182 Å². The summed E-state index contributed by atoms with van der Waals surface area (Å²) in [4.78, 5) is 0. The molecule has 0 saturated carbocycles. The number of phenolic OH excluding ortho intramolecular Hbond substituents is 3. The standard InChI is InChI=1S/3C15H24O.Al/c3*1-10-8-11(14(2,3)4)13(16)12(9-10)15(5,6)7;/h3*8-9,16H,1-7H3;. The molecule has 4 heteroatoms. The molecule has 0 atom stereocenters. The molecule has 3 radical (unpaired) electrons. The third-order valence-electron chi connectivity index (χ3n) is 8.61. The van der Waals surface area contributed by atoms with E-state index in [1.165, 1.54) is 16.7 Å². The minimum atomic E-state index is -0.0178. The van der Waals surface area contributed by atoms with Crippen molar-refractivity contribution in [3.63, 3.8) is 0 Å². The summed E-state index contributed by atoms with van der Waals surface area (Å²) in [7, 11) is 0. The minimum absolute atomic E-state index is 0. The number of benzene rings is 3. The van der Waals surface area contributed by atoms with Gasteiger partial charge in [0.1, 0.15) is 17.2 Å². The fraction of sp³-hybridized carbons (Fsp3) is 0.600. The zero-order valence-corrected chi connectivity index (χ0v) is 36.5. The normalized spacial score (nSPS) is 12.7. The lowest BCUT2D eigenvalue weighted by Crippen LogP contribution is -2.17. The van der Waals surface area contributed by atoms with Crippen LogP contribution in [0.15, 0.2) is 36.4 Å². The van der Waals surface area contributed by atoms with Crippen LogP contribution in [-0.2, 0) is 32.5 Å². The van der Waals surface area contributed by atoms with Gasteiger partial charge in [0.05, 0.1) is 0 Å². The summed E-state index contributed by atoms with van der Waals surface area (Å²) in [6, 6.07) is 12.5. The first-order valence-corrected chi connectivity index (χ1v) is 17.6. The molecule has 3 aromatic carbocycles. The molecule has 0 saturated heterocycles. The summed E-state index contributed by atoms with van der Waals surface area (Å²) < 4.78 is 0. The van der Waals surface area contributed by atoms with Crippen molar-refractivity contribution in [2.75, 3.05) is 0 Å². The third kappa shape index (κ3) is 13.0. The average molecular weight is 688 g/mol. The van der Waals surface area contributed by atoms with Crippen molar-refractivity contribution in [2.45, 2.75) is 178 Å². The molecule has 0 fully saturated rings. The lowest BCUT2D eigenvalue weighted by molar-refractivity contribution is 0.422. The zero-order valence-electron chi connectivity index (χ0n) is 35.4. The van der Waals surface area contributed by atoms with Gasteiger partial charge in [-0.25, -0.2) is 0 Å². The van der Waals surface area contributed by atoms with Crippen LogP contribution in [0, 0.1) is 20.8 Å². The van der Waals surface area contributed by atoms with Crippen molar-refractivity contribution < 1.29 is 15.3 Å². The lowest BCUT2D eigenvalue weighted by atomic mass is 9.78. The highest BCUT2D eigenvalue weighted by Gasteiger charge is 2.28. The number of rotatable bonds is 0. The smallest absolute Gasteiger partial charge is 0.123 e. The fourth-order valence-electron chi connectivity index (χ4n) is 5.77. The summed E-state index contributed by atoms with van der Waals surface area (Å²) >= 11 is 0. The first-order chi connectivity index (χ1) is 21.1. The van der Waals surface area contributed by atoms with Crippen molar-refractivity contribution in [3.8, 4) is 17.2 Å². The minimum Gasteiger partial charge on any atom is -0.507 e. The van der Waals surface area contributed by atoms with Crippen molar-refractivity contribution >= 4 is 17.4 Å². The molecule has 0 aliphatic carbocycles. The maximum Gasteiger partial charge on any atom is 0.123 e. The Bertz CT molecular complexity index is 1260. The summed E-state index contributed by atoms with van der Waals surface area (Å²) in [5.74, 6) is 1.39. The molecule has 0 spiro atoms. The van der Waals surface area contributed by atoms with E-state index in [1.54, 1.807) is 0 Å². The van der Waals surface area contributed by atoms with Crippen molar-refractivity contribution in [3.05, 3.63) is 86.5 Å². The monoisotopic (exact) mass is 688 g/mol. The number of aromatic hydroxyl groups is 3. The SMILES string of the molecule is Cc1cc(C(C)(C)C)c(O)c(C(C)(C)C)c1.Cc1cc(C(C)(C)C)c(O)c(C(C)(C)C)c1.Cc1cc(C(C)(C)C)c(O)c(C(C)(C)C)c1.[Al]. The van der Waals surface area contributed by atoms with Gasteiger partial charge in [0.25, 0.3) is 0 Å². The quantitative estimate of drug-likeness (QED) is 0.206. The van der Waals surface area contributed by atoms with Gasteiger partial charge >= 0.3 is 0 Å². The number of aryl methyl sites for hydroxylation is 3. The van der Waals surface area contributed by atoms with Gasteiger partial charge < -0.3 is 15.3 Å². The molecule has 0 aromatic heterocycles. The van der Waals surface area contributed by atoms with Gasteiger partial charge in [0.2, 0.25) is 0 Å². The van der Waals surface area contributed by atoms with Crippen LogP contribution in [0.1, 0.15) is 175 Å². The molecule has 3 rings (SSSR count). The average Bonchev–Trinajstić information content (AvgIpc) is 2.84. The van der Waals surface area contributed by atoms with Crippen molar-refractivity contribution in [2.24, 2.45) is 0 Å². The van der Waals surface area contributed by atoms with Gasteiger partial charge in [-0.3, -0.25) is 0 Å². The molecule has 3 aromatic rings. The van der Waals surface area contributed by atoms with Crippen molar-refractivity contribution in [1.29, 1.82) is 0 Å². The second-order valence-corrected chi connectivity index (χ2v) is 20.1. The second kappa shape index (κ2) is 15.9. The van der Waals surface area contributed by atoms with E-state index < -0.39 is 0 Å².